The lowest BCUT2D eigenvalue weighted by Crippen LogP contribution is -2.52. The van der Waals surface area contributed by atoms with Gasteiger partial charge in [0.25, 0.3) is 0 Å². The largest absolute Gasteiger partial charge is 0.486 e. The second kappa shape index (κ2) is 8.12. The zero-order valence-corrected chi connectivity index (χ0v) is 14.6. The Morgan fingerprint density at radius 1 is 1.36 bits per heavy atom. The van der Waals surface area contributed by atoms with Crippen molar-refractivity contribution < 1.29 is 18.7 Å². The summed E-state index contributed by atoms with van der Waals surface area (Å²) in [6, 6.07) is 6.37. The number of nitrogens with one attached hydrogen (secondary N) is 3. The summed E-state index contributed by atoms with van der Waals surface area (Å²) in [6.07, 6.45) is 0.804. The van der Waals surface area contributed by atoms with Gasteiger partial charge in [-0.3, -0.25) is 15.6 Å². The van der Waals surface area contributed by atoms with Gasteiger partial charge in [-0.05, 0) is 32.4 Å². The number of ether oxygens (including phenoxy) is 2. The van der Waals surface area contributed by atoms with Crippen LogP contribution in [0.25, 0.3) is 0 Å². The molecule has 2 fully saturated rings. The number of halogens is 1. The van der Waals surface area contributed by atoms with Crippen molar-refractivity contribution in [2.24, 2.45) is 5.92 Å². The first-order valence-electron chi connectivity index (χ1n) is 8.83. The van der Waals surface area contributed by atoms with Gasteiger partial charge in [0.2, 0.25) is 5.91 Å². The van der Waals surface area contributed by atoms with Gasteiger partial charge in [0.1, 0.15) is 17.7 Å². The van der Waals surface area contributed by atoms with Crippen LogP contribution in [0.2, 0.25) is 0 Å². The first kappa shape index (κ1) is 18.1. The molecule has 138 valence electrons. The Kier molecular flexibility index (Phi) is 5.88. The number of amides is 1. The lowest BCUT2D eigenvalue weighted by atomic mass is 9.92. The van der Waals surface area contributed by atoms with Gasteiger partial charge in [-0.2, -0.15) is 0 Å². The number of rotatable bonds is 5. The normalized spacial score (nSPS) is 32.4. The number of hydrogen-bond acceptors (Lipinski definition) is 5. The molecule has 1 aromatic rings. The fourth-order valence-electron chi connectivity index (χ4n) is 3.45. The fraction of sp³-hybridized carbons (Fsp3) is 0.611. The van der Waals surface area contributed by atoms with Crippen LogP contribution in [0.4, 0.5) is 4.39 Å². The number of carbonyl (C=O) groups excluding carboxylic acids is 1. The first-order chi connectivity index (χ1) is 12.0. The number of benzene rings is 1. The maximum Gasteiger partial charge on any atom is 0.220 e. The molecule has 0 radical (unpaired) electrons. The zero-order valence-electron chi connectivity index (χ0n) is 14.6. The lowest BCUT2D eigenvalue weighted by Gasteiger charge is -2.33. The van der Waals surface area contributed by atoms with Gasteiger partial charge in [-0.1, -0.05) is 6.07 Å². The summed E-state index contributed by atoms with van der Waals surface area (Å²) < 4.78 is 24.7. The van der Waals surface area contributed by atoms with Crippen molar-refractivity contribution >= 4 is 5.91 Å². The van der Waals surface area contributed by atoms with E-state index < -0.39 is 0 Å². The minimum absolute atomic E-state index is 0.00828. The molecule has 2 unspecified atom stereocenters. The second-order valence-corrected chi connectivity index (χ2v) is 6.89. The minimum atomic E-state index is -0.348. The highest BCUT2D eigenvalue weighted by molar-refractivity contribution is 5.76. The molecule has 2 aliphatic heterocycles. The average Bonchev–Trinajstić information content (AvgIpc) is 2.89. The summed E-state index contributed by atoms with van der Waals surface area (Å²) in [5.74, 6) is 0.344. The van der Waals surface area contributed by atoms with Crippen LogP contribution < -0.4 is 20.9 Å². The number of hydrogen-bond donors (Lipinski definition) is 3. The van der Waals surface area contributed by atoms with E-state index >= 15 is 0 Å². The lowest BCUT2D eigenvalue weighted by molar-refractivity contribution is -0.125. The van der Waals surface area contributed by atoms with Crippen molar-refractivity contribution in [1.29, 1.82) is 0 Å². The highest BCUT2D eigenvalue weighted by atomic mass is 19.1. The van der Waals surface area contributed by atoms with Crippen molar-refractivity contribution in [1.82, 2.24) is 16.2 Å². The molecule has 2 aliphatic rings. The van der Waals surface area contributed by atoms with Crippen molar-refractivity contribution in [3.8, 4) is 5.75 Å². The molecule has 3 rings (SSSR count). The molecule has 0 spiro atoms. The van der Waals surface area contributed by atoms with E-state index in [1.165, 1.54) is 12.1 Å². The quantitative estimate of drug-likeness (QED) is 0.747. The smallest absolute Gasteiger partial charge is 0.220 e. The Labute approximate surface area is 147 Å². The average molecular weight is 351 g/mol. The third kappa shape index (κ3) is 4.68. The predicted molar refractivity (Wildman–Crippen MR) is 91.5 cm³/mol. The summed E-state index contributed by atoms with van der Waals surface area (Å²) >= 11 is 0. The molecule has 1 amide bonds. The van der Waals surface area contributed by atoms with E-state index in [1.807, 2.05) is 0 Å². The van der Waals surface area contributed by atoms with E-state index in [-0.39, 0.29) is 41.9 Å². The van der Waals surface area contributed by atoms with Crippen LogP contribution in [0.1, 0.15) is 26.7 Å². The third-order valence-electron chi connectivity index (χ3n) is 4.98. The van der Waals surface area contributed by atoms with Gasteiger partial charge in [-0.15, -0.1) is 0 Å². The highest BCUT2D eigenvalue weighted by Crippen LogP contribution is 2.21. The first-order valence-corrected chi connectivity index (χ1v) is 8.83. The van der Waals surface area contributed by atoms with Gasteiger partial charge in [-0.25, -0.2) is 4.39 Å². The summed E-state index contributed by atoms with van der Waals surface area (Å²) in [5, 5.41) is 3.08. The number of carbonyl (C=O) groups is 1. The molecule has 0 aliphatic carbocycles. The monoisotopic (exact) mass is 351 g/mol. The molecule has 25 heavy (non-hydrogen) atoms. The zero-order chi connectivity index (χ0) is 17.8. The topological polar surface area (TPSA) is 71.6 Å². The Balaban J connectivity index is 1.58. The van der Waals surface area contributed by atoms with Crippen molar-refractivity contribution in [2.45, 2.75) is 50.9 Å². The van der Waals surface area contributed by atoms with Crippen LogP contribution in [-0.4, -0.2) is 43.4 Å². The third-order valence-corrected chi connectivity index (χ3v) is 4.98. The molecule has 0 saturated carbocycles. The van der Waals surface area contributed by atoms with Gasteiger partial charge in [0.15, 0.2) is 0 Å². The molecule has 2 heterocycles. The molecular weight excluding hydrogens is 325 g/mol. The highest BCUT2D eigenvalue weighted by Gasteiger charge is 2.34. The van der Waals surface area contributed by atoms with Crippen LogP contribution in [0, 0.1) is 11.7 Å². The van der Waals surface area contributed by atoms with Crippen LogP contribution in [0.3, 0.4) is 0 Å². The molecule has 1 aromatic carbocycles. The van der Waals surface area contributed by atoms with Gasteiger partial charge in [0.05, 0.1) is 12.6 Å². The van der Waals surface area contributed by atoms with E-state index in [0.717, 1.165) is 0 Å². The molecule has 4 atom stereocenters. The molecule has 0 aromatic heterocycles. The standard InChI is InChI=1S/C18H26FN3O3/c1-11-15(12(2)22-21-11)9-18(23)20-16-6-7-24-10-17(16)25-14-5-3-4-13(19)8-14/h3-5,8,11-12,15-17,21-22H,6-7,9-10H2,1-2H3,(H,20,23)/t11?,12?,15?,16-,17-/m1/s1. The maximum absolute atomic E-state index is 13.3. The molecule has 2 saturated heterocycles. The van der Waals surface area contributed by atoms with Crippen LogP contribution in [0.15, 0.2) is 24.3 Å². The van der Waals surface area contributed by atoms with E-state index in [0.29, 0.717) is 31.8 Å². The van der Waals surface area contributed by atoms with Gasteiger partial charge < -0.3 is 14.8 Å². The summed E-state index contributed by atoms with van der Waals surface area (Å²) in [7, 11) is 0. The van der Waals surface area contributed by atoms with E-state index in [2.05, 4.69) is 30.0 Å². The van der Waals surface area contributed by atoms with Gasteiger partial charge >= 0.3 is 0 Å². The molecule has 3 N–H and O–H groups in total. The van der Waals surface area contributed by atoms with Crippen molar-refractivity contribution in [3.05, 3.63) is 30.1 Å². The SMILES string of the molecule is CC1NNC(C)C1CC(=O)N[C@@H]1CCOC[C@H]1Oc1cccc(F)c1. The van der Waals surface area contributed by atoms with E-state index in [9.17, 15) is 9.18 Å². The molecule has 7 heteroatoms. The molecule has 6 nitrogen and oxygen atoms in total. The summed E-state index contributed by atoms with van der Waals surface area (Å²) in [5.41, 5.74) is 6.33. The maximum atomic E-state index is 13.3. The van der Waals surface area contributed by atoms with Gasteiger partial charge in [0, 0.05) is 37.1 Å². The fourth-order valence-corrected chi connectivity index (χ4v) is 3.45. The predicted octanol–water partition coefficient (Wildman–Crippen LogP) is 1.37. The minimum Gasteiger partial charge on any atom is -0.486 e. The second-order valence-electron chi connectivity index (χ2n) is 6.89. The van der Waals surface area contributed by atoms with Crippen LogP contribution in [0.5, 0.6) is 5.75 Å². The van der Waals surface area contributed by atoms with Crippen molar-refractivity contribution in [2.75, 3.05) is 13.2 Å². The van der Waals surface area contributed by atoms with E-state index in [1.54, 1.807) is 12.1 Å². The Bertz CT molecular complexity index is 591. The van der Waals surface area contributed by atoms with Crippen LogP contribution in [-0.2, 0) is 9.53 Å². The number of hydrazine groups is 1. The Morgan fingerprint density at radius 2 is 2.12 bits per heavy atom. The Morgan fingerprint density at radius 3 is 2.84 bits per heavy atom. The molecule has 0 bridgehead atoms. The molecular formula is C18H26FN3O3. The summed E-state index contributed by atoms with van der Waals surface area (Å²) in [4.78, 5) is 12.5. The van der Waals surface area contributed by atoms with Crippen molar-refractivity contribution in [3.63, 3.8) is 0 Å². The summed E-state index contributed by atoms with van der Waals surface area (Å²) in [6.45, 7) is 5.09. The Hall–Kier alpha value is -1.70. The van der Waals surface area contributed by atoms with Crippen LogP contribution >= 0.6 is 0 Å². The van der Waals surface area contributed by atoms with E-state index in [4.69, 9.17) is 9.47 Å².